The van der Waals surface area contributed by atoms with Gasteiger partial charge in [0.1, 0.15) is 11.4 Å². The number of carbonyl (C=O) groups excluding carboxylic acids is 1. The van der Waals surface area contributed by atoms with E-state index in [1.807, 2.05) is 0 Å². The lowest BCUT2D eigenvalue weighted by atomic mass is 10.1. The van der Waals surface area contributed by atoms with Gasteiger partial charge in [-0.15, -0.1) is 0 Å². The molecule has 2 rings (SSSR count). The summed E-state index contributed by atoms with van der Waals surface area (Å²) >= 11 is 0. The fraction of sp³-hybridized carbons (Fsp3) is 0.333. The zero-order valence-electron chi connectivity index (χ0n) is 9.92. The molecule has 0 aromatic heterocycles. The molecular formula is C12H9F4NO3. The van der Waals surface area contributed by atoms with Crippen LogP contribution >= 0.6 is 0 Å². The largest absolute Gasteiger partial charge is 0.480 e. The van der Waals surface area contributed by atoms with Crippen LogP contribution < -0.4 is 5.32 Å². The average Bonchev–Trinajstić information content (AvgIpc) is 3.08. The summed E-state index contributed by atoms with van der Waals surface area (Å²) in [7, 11) is 0. The first kappa shape index (κ1) is 14.3. The molecule has 1 aromatic carbocycles. The number of rotatable bonds is 3. The van der Waals surface area contributed by atoms with Crippen LogP contribution in [0, 0.1) is 5.82 Å². The normalized spacial score (nSPS) is 16.6. The van der Waals surface area contributed by atoms with Gasteiger partial charge < -0.3 is 10.4 Å². The van der Waals surface area contributed by atoms with Gasteiger partial charge in [-0.25, -0.2) is 9.18 Å². The second-order valence-corrected chi connectivity index (χ2v) is 4.51. The lowest BCUT2D eigenvalue weighted by Gasteiger charge is -2.14. The van der Waals surface area contributed by atoms with E-state index in [4.69, 9.17) is 5.11 Å². The maximum atomic E-state index is 13.7. The molecule has 0 unspecified atom stereocenters. The van der Waals surface area contributed by atoms with Gasteiger partial charge in [0.2, 0.25) is 0 Å². The van der Waals surface area contributed by atoms with Crippen LogP contribution in [-0.2, 0) is 11.0 Å². The number of hydrogen-bond donors (Lipinski definition) is 2. The number of aliphatic carboxylic acids is 1. The maximum absolute atomic E-state index is 13.7. The Balaban J connectivity index is 2.30. The number of nitrogens with one attached hydrogen (secondary N) is 1. The molecule has 1 saturated carbocycles. The van der Waals surface area contributed by atoms with Gasteiger partial charge in [-0.3, -0.25) is 4.79 Å². The van der Waals surface area contributed by atoms with E-state index in [1.54, 1.807) is 0 Å². The van der Waals surface area contributed by atoms with Crippen LogP contribution in [0.2, 0.25) is 0 Å². The Morgan fingerprint density at radius 2 is 1.85 bits per heavy atom. The molecule has 4 nitrogen and oxygen atoms in total. The number of carbonyl (C=O) groups is 2. The smallest absolute Gasteiger partial charge is 0.419 e. The molecule has 0 saturated heterocycles. The Bertz CT molecular complexity index is 579. The summed E-state index contributed by atoms with van der Waals surface area (Å²) in [5.41, 5.74) is -3.88. The highest BCUT2D eigenvalue weighted by atomic mass is 19.4. The van der Waals surface area contributed by atoms with Crippen molar-refractivity contribution in [1.29, 1.82) is 0 Å². The quantitative estimate of drug-likeness (QED) is 0.839. The molecule has 1 aromatic rings. The fourth-order valence-electron chi connectivity index (χ4n) is 1.73. The minimum absolute atomic E-state index is 0.161. The highest BCUT2D eigenvalue weighted by Crippen LogP contribution is 2.36. The molecule has 1 fully saturated rings. The predicted octanol–water partition coefficient (Wildman–Crippen LogP) is 2.19. The number of halogens is 4. The van der Waals surface area contributed by atoms with Crippen LogP contribution in [0.5, 0.6) is 0 Å². The van der Waals surface area contributed by atoms with Gasteiger partial charge in [0.25, 0.3) is 5.91 Å². The van der Waals surface area contributed by atoms with Crippen molar-refractivity contribution in [2.24, 2.45) is 0 Å². The third-order valence-electron chi connectivity index (χ3n) is 3.06. The van der Waals surface area contributed by atoms with Gasteiger partial charge in [-0.1, -0.05) is 6.07 Å². The van der Waals surface area contributed by atoms with Crippen molar-refractivity contribution >= 4 is 11.9 Å². The molecule has 0 heterocycles. The third-order valence-corrected chi connectivity index (χ3v) is 3.06. The molecule has 2 N–H and O–H groups in total. The lowest BCUT2D eigenvalue weighted by Crippen LogP contribution is -2.43. The van der Waals surface area contributed by atoms with Gasteiger partial charge in [-0.05, 0) is 25.0 Å². The van der Waals surface area contributed by atoms with Gasteiger partial charge >= 0.3 is 12.1 Å². The molecule has 20 heavy (non-hydrogen) atoms. The van der Waals surface area contributed by atoms with Crippen LogP contribution in [0.25, 0.3) is 0 Å². The molecule has 0 atom stereocenters. The van der Waals surface area contributed by atoms with E-state index < -0.39 is 40.5 Å². The van der Waals surface area contributed by atoms with Crippen molar-refractivity contribution in [3.63, 3.8) is 0 Å². The van der Waals surface area contributed by atoms with Gasteiger partial charge in [0, 0.05) is 0 Å². The highest BCUT2D eigenvalue weighted by Gasteiger charge is 2.52. The number of carboxylic acid groups (broad SMARTS) is 1. The molecule has 1 aliphatic carbocycles. The zero-order chi connectivity index (χ0) is 15.1. The van der Waals surface area contributed by atoms with Gasteiger partial charge in [0.15, 0.2) is 0 Å². The van der Waals surface area contributed by atoms with Crippen LogP contribution in [0.3, 0.4) is 0 Å². The van der Waals surface area contributed by atoms with Crippen molar-refractivity contribution in [3.05, 3.63) is 35.1 Å². The summed E-state index contributed by atoms with van der Waals surface area (Å²) in [6.45, 7) is 0. The van der Waals surface area contributed by atoms with Crippen LogP contribution in [0.4, 0.5) is 17.6 Å². The number of carboxylic acids is 1. The van der Waals surface area contributed by atoms with E-state index in [9.17, 15) is 27.2 Å². The first-order valence-corrected chi connectivity index (χ1v) is 5.59. The SMILES string of the molecule is O=C(NC1(C(=O)O)CC1)c1cccc(C(F)(F)F)c1F. The average molecular weight is 291 g/mol. The van der Waals surface area contributed by atoms with Gasteiger partial charge in [-0.2, -0.15) is 13.2 Å². The van der Waals surface area contributed by atoms with E-state index in [0.717, 1.165) is 12.1 Å². The highest BCUT2D eigenvalue weighted by molar-refractivity contribution is 5.99. The Morgan fingerprint density at radius 1 is 1.25 bits per heavy atom. The van der Waals surface area contributed by atoms with Crippen LogP contribution in [0.15, 0.2) is 18.2 Å². The van der Waals surface area contributed by atoms with Crippen molar-refractivity contribution in [2.75, 3.05) is 0 Å². The van der Waals surface area contributed by atoms with E-state index in [0.29, 0.717) is 6.07 Å². The Hall–Kier alpha value is -2.12. The first-order chi connectivity index (χ1) is 9.17. The van der Waals surface area contributed by atoms with Crippen molar-refractivity contribution in [1.82, 2.24) is 5.32 Å². The fourth-order valence-corrected chi connectivity index (χ4v) is 1.73. The van der Waals surface area contributed by atoms with Crippen molar-refractivity contribution in [3.8, 4) is 0 Å². The summed E-state index contributed by atoms with van der Waals surface area (Å²) in [5.74, 6) is -4.18. The van der Waals surface area contributed by atoms with E-state index in [1.165, 1.54) is 0 Å². The topological polar surface area (TPSA) is 66.4 Å². The lowest BCUT2D eigenvalue weighted by molar-refractivity contribution is -0.141. The zero-order valence-corrected chi connectivity index (χ0v) is 9.92. The van der Waals surface area contributed by atoms with E-state index in [-0.39, 0.29) is 12.8 Å². The molecule has 0 spiro atoms. The summed E-state index contributed by atoms with van der Waals surface area (Å²) in [5, 5.41) is 10.9. The van der Waals surface area contributed by atoms with Gasteiger partial charge in [0.05, 0.1) is 11.1 Å². The number of benzene rings is 1. The second kappa shape index (κ2) is 4.46. The van der Waals surface area contributed by atoms with Crippen molar-refractivity contribution < 1.29 is 32.3 Å². The van der Waals surface area contributed by atoms with E-state index >= 15 is 0 Å². The summed E-state index contributed by atoms with van der Waals surface area (Å²) in [6.07, 6.45) is -4.60. The third kappa shape index (κ3) is 2.45. The molecule has 108 valence electrons. The monoisotopic (exact) mass is 291 g/mol. The maximum Gasteiger partial charge on any atom is 0.419 e. The standard InChI is InChI=1S/C12H9F4NO3/c13-8-6(2-1-3-7(8)12(14,15)16)9(18)17-11(4-5-11)10(19)20/h1-3H,4-5H2,(H,17,18)(H,19,20). The Kier molecular flexibility index (Phi) is 3.19. The Labute approximate surface area is 110 Å². The van der Waals surface area contributed by atoms with Crippen LogP contribution in [0.1, 0.15) is 28.8 Å². The molecule has 0 bridgehead atoms. The molecule has 0 radical (unpaired) electrons. The Morgan fingerprint density at radius 3 is 2.30 bits per heavy atom. The number of hydrogen-bond acceptors (Lipinski definition) is 2. The minimum atomic E-state index is -4.93. The summed E-state index contributed by atoms with van der Waals surface area (Å²) < 4.78 is 51.2. The molecule has 1 aliphatic rings. The summed E-state index contributed by atoms with van der Waals surface area (Å²) in [6, 6.07) is 2.27. The number of alkyl halides is 3. The first-order valence-electron chi connectivity index (χ1n) is 5.59. The van der Waals surface area contributed by atoms with E-state index in [2.05, 4.69) is 5.32 Å². The molecule has 8 heteroatoms. The predicted molar refractivity (Wildman–Crippen MR) is 58.5 cm³/mol. The van der Waals surface area contributed by atoms with Crippen LogP contribution in [-0.4, -0.2) is 22.5 Å². The summed E-state index contributed by atoms with van der Waals surface area (Å²) in [4.78, 5) is 22.6. The molecule has 0 aliphatic heterocycles. The molecular weight excluding hydrogens is 282 g/mol. The number of amides is 1. The second-order valence-electron chi connectivity index (χ2n) is 4.51. The minimum Gasteiger partial charge on any atom is -0.480 e. The molecule has 1 amide bonds. The van der Waals surface area contributed by atoms with Crippen molar-refractivity contribution in [2.45, 2.75) is 24.6 Å².